The quantitative estimate of drug-likeness (QED) is 0.489. The third kappa shape index (κ3) is 0.460. The van der Waals surface area contributed by atoms with E-state index in [1.807, 2.05) is 0 Å². The van der Waals surface area contributed by atoms with Crippen LogP contribution in [0.4, 0.5) is 0 Å². The number of rotatable bonds is 0. The molecule has 0 spiro atoms. The van der Waals surface area contributed by atoms with E-state index in [4.69, 9.17) is 0 Å². The second-order valence-corrected chi connectivity index (χ2v) is 4.51. The Morgan fingerprint density at radius 2 is 2.40 bits per heavy atom. The number of hydrogen-bond acceptors (Lipinski definition) is 1. The summed E-state index contributed by atoms with van der Waals surface area (Å²) < 4.78 is 0. The molecule has 1 aliphatic carbocycles. The van der Waals surface area contributed by atoms with Crippen LogP contribution in [-0.2, 0) is 0 Å². The first-order valence-corrected chi connectivity index (χ1v) is 4.56. The van der Waals surface area contributed by atoms with Gasteiger partial charge in [-0.25, -0.2) is 0 Å². The summed E-state index contributed by atoms with van der Waals surface area (Å²) in [5.74, 6) is 2.22. The Morgan fingerprint density at radius 3 is 3.20 bits per heavy atom. The number of hydrogen-bond donors (Lipinski definition) is 0. The fourth-order valence-electron chi connectivity index (χ4n) is 3.26. The van der Waals surface area contributed by atoms with Crippen LogP contribution >= 0.6 is 0 Å². The lowest BCUT2D eigenvalue weighted by Gasteiger charge is -2.30. The predicted octanol–water partition coefficient (Wildman–Crippen LogP) is 1.49. The normalized spacial score (nSPS) is 58.5. The Hall–Kier alpha value is -0.0400. The van der Waals surface area contributed by atoms with Gasteiger partial charge < -0.3 is 0 Å². The molecule has 56 valence electrons. The summed E-state index contributed by atoms with van der Waals surface area (Å²) in [6.45, 7) is 5.31. The monoisotopic (exact) mass is 137 g/mol. The van der Waals surface area contributed by atoms with Crippen LogP contribution in [0.1, 0.15) is 26.2 Å². The van der Waals surface area contributed by atoms with Crippen molar-refractivity contribution in [1.29, 1.82) is 0 Å². The zero-order valence-corrected chi connectivity index (χ0v) is 6.64. The Morgan fingerprint density at radius 1 is 1.50 bits per heavy atom. The van der Waals surface area contributed by atoms with Gasteiger partial charge in [-0.2, -0.15) is 0 Å². The van der Waals surface area contributed by atoms with Crippen LogP contribution in [-0.4, -0.2) is 23.5 Å². The van der Waals surface area contributed by atoms with Crippen molar-refractivity contribution in [3.8, 4) is 0 Å². The van der Waals surface area contributed by atoms with Crippen molar-refractivity contribution >= 4 is 0 Å². The highest BCUT2D eigenvalue weighted by Gasteiger charge is 2.60. The molecule has 3 rings (SSSR count). The summed E-state index contributed by atoms with van der Waals surface area (Å²) >= 11 is 0. The standard InChI is InChI=1S/C9H15N/c1-9-3-2-4-10(9)6-7-5-8(7)9/h7-8H,2-6H2,1H3/t7-,8-,9-/m1/s1. The molecule has 0 amide bonds. The third-order valence-corrected chi connectivity index (χ3v) is 4.01. The number of fused-ring (bicyclic) bond motifs is 3. The molecule has 0 aromatic rings. The van der Waals surface area contributed by atoms with E-state index in [1.54, 1.807) is 6.42 Å². The van der Waals surface area contributed by atoms with E-state index in [1.165, 1.54) is 25.9 Å². The maximum Gasteiger partial charge on any atom is 0.0213 e. The number of nitrogens with zero attached hydrogens (tertiary/aromatic N) is 1. The van der Waals surface area contributed by atoms with Crippen molar-refractivity contribution in [2.24, 2.45) is 11.8 Å². The Labute approximate surface area is 62.4 Å². The molecule has 0 radical (unpaired) electrons. The third-order valence-electron chi connectivity index (χ3n) is 4.01. The summed E-state index contributed by atoms with van der Waals surface area (Å²) in [6, 6.07) is 0. The van der Waals surface area contributed by atoms with E-state index in [2.05, 4.69) is 11.8 Å². The van der Waals surface area contributed by atoms with Gasteiger partial charge in [0.2, 0.25) is 0 Å². The maximum absolute atomic E-state index is 2.73. The molecule has 2 saturated heterocycles. The van der Waals surface area contributed by atoms with Gasteiger partial charge in [-0.05, 0) is 44.6 Å². The van der Waals surface area contributed by atoms with Crippen LogP contribution in [0.5, 0.6) is 0 Å². The largest absolute Gasteiger partial charge is 0.297 e. The van der Waals surface area contributed by atoms with Crippen molar-refractivity contribution in [1.82, 2.24) is 4.90 Å². The Balaban J connectivity index is 1.97. The molecule has 0 aromatic heterocycles. The van der Waals surface area contributed by atoms with Crippen LogP contribution < -0.4 is 0 Å². The van der Waals surface area contributed by atoms with Gasteiger partial charge in [-0.1, -0.05) is 0 Å². The van der Waals surface area contributed by atoms with Gasteiger partial charge >= 0.3 is 0 Å². The van der Waals surface area contributed by atoms with Gasteiger partial charge in [-0.15, -0.1) is 0 Å². The van der Waals surface area contributed by atoms with Crippen molar-refractivity contribution in [2.75, 3.05) is 13.1 Å². The summed E-state index contributed by atoms with van der Waals surface area (Å²) in [5, 5.41) is 0. The molecule has 0 unspecified atom stereocenters. The van der Waals surface area contributed by atoms with Crippen LogP contribution in [0.2, 0.25) is 0 Å². The molecule has 2 heterocycles. The van der Waals surface area contributed by atoms with Crippen LogP contribution in [0, 0.1) is 11.8 Å². The highest BCUT2D eigenvalue weighted by atomic mass is 15.3. The average Bonchev–Trinajstić information content (AvgIpc) is 2.47. The smallest absolute Gasteiger partial charge is 0.0213 e. The van der Waals surface area contributed by atoms with Gasteiger partial charge in [0.05, 0.1) is 0 Å². The molecule has 1 heteroatoms. The molecule has 0 bridgehead atoms. The van der Waals surface area contributed by atoms with E-state index in [0.29, 0.717) is 5.54 Å². The molecule has 10 heavy (non-hydrogen) atoms. The second kappa shape index (κ2) is 1.42. The molecule has 3 fully saturated rings. The van der Waals surface area contributed by atoms with E-state index in [9.17, 15) is 0 Å². The molecule has 1 saturated carbocycles. The Kier molecular flexibility index (Phi) is 0.797. The van der Waals surface area contributed by atoms with Crippen molar-refractivity contribution in [3.05, 3.63) is 0 Å². The predicted molar refractivity (Wildman–Crippen MR) is 40.8 cm³/mol. The van der Waals surface area contributed by atoms with Crippen molar-refractivity contribution in [3.63, 3.8) is 0 Å². The van der Waals surface area contributed by atoms with Gasteiger partial charge in [0.25, 0.3) is 0 Å². The van der Waals surface area contributed by atoms with Crippen LogP contribution in [0.3, 0.4) is 0 Å². The lowest BCUT2D eigenvalue weighted by atomic mass is 9.94. The molecule has 0 aromatic carbocycles. The van der Waals surface area contributed by atoms with Crippen LogP contribution in [0.25, 0.3) is 0 Å². The maximum atomic E-state index is 2.73. The molecule has 3 atom stereocenters. The summed E-state index contributed by atoms with van der Waals surface area (Å²) in [6.07, 6.45) is 4.49. The lowest BCUT2D eigenvalue weighted by molar-refractivity contribution is 0.179. The van der Waals surface area contributed by atoms with Gasteiger partial charge in [0.15, 0.2) is 0 Å². The van der Waals surface area contributed by atoms with Crippen LogP contribution in [0.15, 0.2) is 0 Å². The molecular formula is C9H15N. The molecule has 0 N–H and O–H groups in total. The first kappa shape index (κ1) is 5.59. The van der Waals surface area contributed by atoms with E-state index in [0.717, 1.165) is 11.8 Å². The molecule has 2 aliphatic heterocycles. The first-order valence-electron chi connectivity index (χ1n) is 4.56. The minimum Gasteiger partial charge on any atom is -0.297 e. The average molecular weight is 137 g/mol. The van der Waals surface area contributed by atoms with Gasteiger partial charge in [0, 0.05) is 12.1 Å². The second-order valence-electron chi connectivity index (χ2n) is 4.51. The summed E-state index contributed by atoms with van der Waals surface area (Å²) in [5.41, 5.74) is 0.671. The highest BCUT2D eigenvalue weighted by Crippen LogP contribution is 2.59. The van der Waals surface area contributed by atoms with Gasteiger partial charge in [-0.3, -0.25) is 4.90 Å². The zero-order chi connectivity index (χ0) is 6.77. The number of piperidine rings is 1. The van der Waals surface area contributed by atoms with E-state index < -0.39 is 0 Å². The molecule has 3 aliphatic rings. The first-order chi connectivity index (χ1) is 4.81. The van der Waals surface area contributed by atoms with E-state index in [-0.39, 0.29) is 0 Å². The minimum absolute atomic E-state index is 0.671. The molecular weight excluding hydrogens is 122 g/mol. The summed E-state index contributed by atoms with van der Waals surface area (Å²) in [7, 11) is 0. The fraction of sp³-hybridized carbons (Fsp3) is 1.00. The van der Waals surface area contributed by atoms with E-state index >= 15 is 0 Å². The summed E-state index contributed by atoms with van der Waals surface area (Å²) in [4.78, 5) is 2.73. The van der Waals surface area contributed by atoms with Crippen molar-refractivity contribution < 1.29 is 0 Å². The zero-order valence-electron chi connectivity index (χ0n) is 6.64. The van der Waals surface area contributed by atoms with Gasteiger partial charge in [0.1, 0.15) is 0 Å². The highest BCUT2D eigenvalue weighted by molar-refractivity contribution is 5.14. The molecule has 1 nitrogen and oxygen atoms in total. The van der Waals surface area contributed by atoms with Crippen molar-refractivity contribution in [2.45, 2.75) is 31.7 Å². The lowest BCUT2D eigenvalue weighted by Crippen LogP contribution is -2.38. The Bertz CT molecular complexity index is 178. The fourth-order valence-corrected chi connectivity index (χ4v) is 3.26. The SMILES string of the molecule is C[C@]12CCCN1C[C@H]1C[C@H]12. The minimum atomic E-state index is 0.671. The topological polar surface area (TPSA) is 3.24 Å².